The van der Waals surface area contributed by atoms with Gasteiger partial charge in [0.2, 0.25) is 5.91 Å². The van der Waals surface area contributed by atoms with Gasteiger partial charge in [0, 0.05) is 18.5 Å². The van der Waals surface area contributed by atoms with E-state index in [1.54, 1.807) is 23.3 Å². The van der Waals surface area contributed by atoms with Crippen molar-refractivity contribution in [2.24, 2.45) is 0 Å². The van der Waals surface area contributed by atoms with E-state index in [4.69, 9.17) is 11.6 Å². The molecule has 0 aliphatic carbocycles. The molecule has 0 N–H and O–H groups in total. The number of hydrogen-bond acceptors (Lipinski definition) is 3. The monoisotopic (exact) mass is 249 g/mol. The summed E-state index contributed by atoms with van der Waals surface area (Å²) in [6.45, 7) is 0.718. The summed E-state index contributed by atoms with van der Waals surface area (Å²) >= 11 is 11.3. The Morgan fingerprint density at radius 2 is 2.36 bits per heavy atom. The second-order valence-electron chi connectivity index (χ2n) is 2.93. The van der Waals surface area contributed by atoms with Crippen LogP contribution in [0.15, 0.2) is 12.1 Å². The molecule has 0 saturated carbocycles. The number of amides is 1. The Morgan fingerprint density at radius 3 is 2.86 bits per heavy atom. The molecule has 1 aromatic heterocycles. The minimum atomic E-state index is 0.0518. The summed E-state index contributed by atoms with van der Waals surface area (Å²) in [4.78, 5) is 14.0. The smallest absolute Gasteiger partial charge is 0.232 e. The van der Waals surface area contributed by atoms with Gasteiger partial charge in [0.1, 0.15) is 0 Å². The molecule has 1 rings (SSSR count). The maximum Gasteiger partial charge on any atom is 0.232 e. The molecule has 1 aromatic rings. The lowest BCUT2D eigenvalue weighted by Gasteiger charge is -2.14. The fourth-order valence-corrected chi connectivity index (χ4v) is 2.33. The molecule has 0 aliphatic rings. The van der Waals surface area contributed by atoms with Gasteiger partial charge in [-0.3, -0.25) is 4.79 Å². The van der Waals surface area contributed by atoms with E-state index >= 15 is 0 Å². The second kappa shape index (κ2) is 5.63. The third-order valence-corrected chi connectivity index (χ3v) is 3.44. The molecule has 0 atom stereocenters. The molecule has 0 radical (unpaired) electrons. The van der Waals surface area contributed by atoms with Crippen molar-refractivity contribution in [3.8, 4) is 0 Å². The first-order valence-electron chi connectivity index (χ1n) is 4.22. The van der Waals surface area contributed by atoms with Crippen molar-refractivity contribution in [3.05, 3.63) is 21.3 Å². The highest BCUT2D eigenvalue weighted by molar-refractivity contribution is 7.81. The van der Waals surface area contributed by atoms with Crippen LogP contribution in [-0.2, 0) is 11.2 Å². The predicted octanol–water partition coefficient (Wildman–Crippen LogP) is 2.33. The van der Waals surface area contributed by atoms with Crippen LogP contribution in [0.4, 0.5) is 0 Å². The number of rotatable bonds is 4. The SMILES string of the molecule is CN(CCc1ccc(Cl)s1)C(=O)CS. The van der Waals surface area contributed by atoms with E-state index in [1.807, 2.05) is 12.1 Å². The van der Waals surface area contributed by atoms with Crippen LogP contribution in [0.2, 0.25) is 4.34 Å². The van der Waals surface area contributed by atoms with Crippen LogP contribution in [0.1, 0.15) is 4.88 Å². The molecule has 2 nitrogen and oxygen atoms in total. The fraction of sp³-hybridized carbons (Fsp3) is 0.444. The second-order valence-corrected chi connectivity index (χ2v) is 5.05. The molecule has 1 amide bonds. The van der Waals surface area contributed by atoms with Gasteiger partial charge in [-0.05, 0) is 18.6 Å². The number of hydrogen-bond donors (Lipinski definition) is 1. The molecule has 0 bridgehead atoms. The summed E-state index contributed by atoms with van der Waals surface area (Å²) in [5, 5.41) is 0. The molecule has 0 aromatic carbocycles. The highest BCUT2D eigenvalue weighted by atomic mass is 35.5. The lowest BCUT2D eigenvalue weighted by Crippen LogP contribution is -2.29. The summed E-state index contributed by atoms with van der Waals surface area (Å²) in [6, 6.07) is 3.87. The van der Waals surface area contributed by atoms with Crippen molar-refractivity contribution < 1.29 is 4.79 Å². The van der Waals surface area contributed by atoms with Crippen molar-refractivity contribution in [1.82, 2.24) is 4.90 Å². The van der Waals surface area contributed by atoms with Crippen LogP contribution in [0.3, 0.4) is 0 Å². The highest BCUT2D eigenvalue weighted by Gasteiger charge is 2.06. The Labute approximate surface area is 98.3 Å². The molecular weight excluding hydrogens is 238 g/mol. The van der Waals surface area contributed by atoms with E-state index in [9.17, 15) is 4.79 Å². The summed E-state index contributed by atoms with van der Waals surface area (Å²) < 4.78 is 0.795. The Balaban J connectivity index is 2.37. The summed E-state index contributed by atoms with van der Waals surface area (Å²) in [5.41, 5.74) is 0. The Bertz CT molecular complexity index is 314. The highest BCUT2D eigenvalue weighted by Crippen LogP contribution is 2.21. The molecular formula is C9H12ClNOS2. The van der Waals surface area contributed by atoms with Crippen LogP contribution in [0, 0.1) is 0 Å². The van der Waals surface area contributed by atoms with Crippen LogP contribution in [0.5, 0.6) is 0 Å². The number of nitrogens with zero attached hydrogens (tertiary/aromatic N) is 1. The van der Waals surface area contributed by atoms with Crippen molar-refractivity contribution in [3.63, 3.8) is 0 Å². The van der Waals surface area contributed by atoms with Gasteiger partial charge in [-0.2, -0.15) is 12.6 Å². The molecule has 5 heteroatoms. The number of carbonyl (C=O) groups excluding carboxylic acids is 1. The Hall–Kier alpha value is -0.190. The molecule has 0 unspecified atom stereocenters. The maximum atomic E-state index is 11.2. The molecule has 0 aliphatic heterocycles. The number of carbonyl (C=O) groups is 1. The quantitative estimate of drug-likeness (QED) is 0.813. The third-order valence-electron chi connectivity index (χ3n) is 1.88. The van der Waals surface area contributed by atoms with Gasteiger partial charge in [-0.25, -0.2) is 0 Å². The van der Waals surface area contributed by atoms with E-state index < -0.39 is 0 Å². The fourth-order valence-electron chi connectivity index (χ4n) is 1.01. The number of halogens is 1. The molecule has 0 spiro atoms. The third kappa shape index (κ3) is 3.52. The number of thiophene rings is 1. The van der Waals surface area contributed by atoms with Gasteiger partial charge in [-0.15, -0.1) is 11.3 Å². The van der Waals surface area contributed by atoms with Crippen molar-refractivity contribution in [1.29, 1.82) is 0 Å². The first kappa shape index (κ1) is 11.9. The lowest BCUT2D eigenvalue weighted by molar-refractivity contribution is -0.127. The van der Waals surface area contributed by atoms with Gasteiger partial charge in [0.05, 0.1) is 10.1 Å². The molecule has 1 heterocycles. The van der Waals surface area contributed by atoms with Crippen molar-refractivity contribution in [2.75, 3.05) is 19.3 Å². The largest absolute Gasteiger partial charge is 0.345 e. The van der Waals surface area contributed by atoms with Gasteiger partial charge >= 0.3 is 0 Å². The predicted molar refractivity (Wildman–Crippen MR) is 64.5 cm³/mol. The van der Waals surface area contributed by atoms with E-state index in [2.05, 4.69) is 12.6 Å². The maximum absolute atomic E-state index is 11.2. The zero-order chi connectivity index (χ0) is 10.6. The van der Waals surface area contributed by atoms with Crippen LogP contribution >= 0.6 is 35.6 Å². The molecule has 14 heavy (non-hydrogen) atoms. The van der Waals surface area contributed by atoms with Crippen LogP contribution < -0.4 is 0 Å². The van der Waals surface area contributed by atoms with Gasteiger partial charge in [0.15, 0.2) is 0 Å². The molecule has 78 valence electrons. The van der Waals surface area contributed by atoms with Gasteiger partial charge < -0.3 is 4.90 Å². The normalized spacial score (nSPS) is 10.2. The van der Waals surface area contributed by atoms with Crippen LogP contribution in [0.25, 0.3) is 0 Å². The minimum Gasteiger partial charge on any atom is -0.345 e. The van der Waals surface area contributed by atoms with Crippen molar-refractivity contribution in [2.45, 2.75) is 6.42 Å². The van der Waals surface area contributed by atoms with E-state index in [0.717, 1.165) is 17.3 Å². The van der Waals surface area contributed by atoms with Gasteiger partial charge in [0.25, 0.3) is 0 Å². The summed E-state index contributed by atoms with van der Waals surface area (Å²) in [6.07, 6.45) is 0.855. The van der Waals surface area contributed by atoms with Gasteiger partial charge in [-0.1, -0.05) is 11.6 Å². The van der Waals surface area contributed by atoms with E-state index in [0.29, 0.717) is 0 Å². The van der Waals surface area contributed by atoms with Crippen LogP contribution in [-0.4, -0.2) is 30.2 Å². The standard InChI is InChI=1S/C9H12ClNOS2/c1-11(9(12)6-13)5-4-7-2-3-8(10)14-7/h2-3,13H,4-6H2,1H3. The average Bonchev–Trinajstić information content (AvgIpc) is 2.59. The average molecular weight is 250 g/mol. The summed E-state index contributed by atoms with van der Waals surface area (Å²) in [5.74, 6) is 0.317. The molecule has 0 fully saturated rings. The summed E-state index contributed by atoms with van der Waals surface area (Å²) in [7, 11) is 1.79. The van der Waals surface area contributed by atoms with E-state index in [-0.39, 0.29) is 11.7 Å². The molecule has 0 saturated heterocycles. The first-order valence-corrected chi connectivity index (χ1v) is 6.05. The zero-order valence-corrected chi connectivity index (χ0v) is 10.3. The zero-order valence-electron chi connectivity index (χ0n) is 7.86. The topological polar surface area (TPSA) is 20.3 Å². The Morgan fingerprint density at radius 1 is 1.64 bits per heavy atom. The first-order chi connectivity index (χ1) is 6.63. The number of likely N-dealkylation sites (N-methyl/N-ethyl adjacent to an activating group) is 1. The minimum absolute atomic E-state index is 0.0518. The Kier molecular flexibility index (Phi) is 4.78. The lowest BCUT2D eigenvalue weighted by atomic mass is 10.3. The number of thiol groups is 1. The van der Waals surface area contributed by atoms with Crippen molar-refractivity contribution >= 4 is 41.5 Å². The van der Waals surface area contributed by atoms with E-state index in [1.165, 1.54) is 4.88 Å².